The SMILES string of the molecule is O=C(COc1ccccc1)Nc1nccc(=O)[nH]1. The van der Waals surface area contributed by atoms with Gasteiger partial charge in [0.25, 0.3) is 11.5 Å². The van der Waals surface area contributed by atoms with E-state index in [1.165, 1.54) is 12.3 Å². The van der Waals surface area contributed by atoms with E-state index in [1.807, 2.05) is 18.2 Å². The second-order valence-electron chi connectivity index (χ2n) is 3.43. The van der Waals surface area contributed by atoms with Crippen LogP contribution in [0.2, 0.25) is 0 Å². The molecule has 0 fully saturated rings. The summed E-state index contributed by atoms with van der Waals surface area (Å²) in [7, 11) is 0. The predicted molar refractivity (Wildman–Crippen MR) is 65.4 cm³/mol. The van der Waals surface area contributed by atoms with Crippen LogP contribution >= 0.6 is 0 Å². The van der Waals surface area contributed by atoms with Crippen molar-refractivity contribution in [1.29, 1.82) is 0 Å². The summed E-state index contributed by atoms with van der Waals surface area (Å²) in [6.45, 7) is -0.150. The number of amides is 1. The average Bonchev–Trinajstić information content (AvgIpc) is 2.38. The number of ether oxygens (including phenoxy) is 1. The summed E-state index contributed by atoms with van der Waals surface area (Å²) in [6.07, 6.45) is 1.31. The fourth-order valence-corrected chi connectivity index (χ4v) is 1.27. The molecule has 0 saturated heterocycles. The van der Waals surface area contributed by atoms with E-state index in [9.17, 15) is 9.59 Å². The van der Waals surface area contributed by atoms with Crippen molar-refractivity contribution in [3.05, 3.63) is 52.9 Å². The number of rotatable bonds is 4. The van der Waals surface area contributed by atoms with Crippen LogP contribution in [0.4, 0.5) is 5.95 Å². The maximum Gasteiger partial charge on any atom is 0.264 e. The number of aromatic nitrogens is 2. The molecule has 1 aromatic carbocycles. The lowest BCUT2D eigenvalue weighted by molar-refractivity contribution is -0.118. The molecule has 1 aromatic heterocycles. The number of carbonyl (C=O) groups excluding carboxylic acids is 1. The number of benzene rings is 1. The van der Waals surface area contributed by atoms with Gasteiger partial charge in [-0.3, -0.25) is 19.9 Å². The molecular formula is C12H11N3O3. The van der Waals surface area contributed by atoms with Crippen LogP contribution < -0.4 is 15.6 Å². The first kappa shape index (κ1) is 11.8. The predicted octanol–water partition coefficient (Wildman–Crippen LogP) is 0.787. The van der Waals surface area contributed by atoms with Gasteiger partial charge in [0, 0.05) is 12.3 Å². The summed E-state index contributed by atoms with van der Waals surface area (Å²) >= 11 is 0. The highest BCUT2D eigenvalue weighted by Crippen LogP contribution is 2.07. The first-order valence-electron chi connectivity index (χ1n) is 5.27. The number of H-pyrrole nitrogens is 1. The van der Waals surface area contributed by atoms with Crippen molar-refractivity contribution < 1.29 is 9.53 Å². The van der Waals surface area contributed by atoms with E-state index in [1.54, 1.807) is 12.1 Å². The molecule has 2 aromatic rings. The zero-order valence-electron chi connectivity index (χ0n) is 9.42. The van der Waals surface area contributed by atoms with E-state index in [2.05, 4.69) is 15.3 Å². The maximum atomic E-state index is 11.5. The van der Waals surface area contributed by atoms with Gasteiger partial charge in [-0.1, -0.05) is 18.2 Å². The molecule has 0 bridgehead atoms. The Balaban J connectivity index is 1.88. The molecule has 0 aliphatic heterocycles. The van der Waals surface area contributed by atoms with Crippen molar-refractivity contribution in [3.8, 4) is 5.75 Å². The second kappa shape index (κ2) is 5.62. The van der Waals surface area contributed by atoms with Gasteiger partial charge >= 0.3 is 0 Å². The molecule has 2 rings (SSSR count). The van der Waals surface area contributed by atoms with Crippen LogP contribution in [0.25, 0.3) is 0 Å². The molecular weight excluding hydrogens is 234 g/mol. The molecule has 1 amide bonds. The summed E-state index contributed by atoms with van der Waals surface area (Å²) in [5.41, 5.74) is -0.329. The van der Waals surface area contributed by atoms with Crippen LogP contribution in [0, 0.1) is 0 Å². The lowest BCUT2D eigenvalue weighted by atomic mass is 10.3. The summed E-state index contributed by atoms with van der Waals surface area (Å²) in [5.74, 6) is 0.305. The van der Waals surface area contributed by atoms with Crippen molar-refractivity contribution in [2.45, 2.75) is 0 Å². The van der Waals surface area contributed by atoms with E-state index in [0.29, 0.717) is 5.75 Å². The van der Waals surface area contributed by atoms with Gasteiger partial charge in [-0.2, -0.15) is 0 Å². The van der Waals surface area contributed by atoms with Gasteiger partial charge in [0.1, 0.15) is 5.75 Å². The fraction of sp³-hybridized carbons (Fsp3) is 0.0833. The zero-order valence-corrected chi connectivity index (χ0v) is 9.42. The Morgan fingerprint density at radius 2 is 2.06 bits per heavy atom. The number of nitrogens with zero attached hydrogens (tertiary/aromatic N) is 1. The Bertz CT molecular complexity index is 580. The number of carbonyl (C=O) groups is 1. The van der Waals surface area contributed by atoms with Gasteiger partial charge in [-0.25, -0.2) is 4.98 Å². The first-order chi connectivity index (χ1) is 8.74. The number of anilines is 1. The molecule has 2 N–H and O–H groups in total. The van der Waals surface area contributed by atoms with Crippen LogP contribution in [0.3, 0.4) is 0 Å². The fourth-order valence-electron chi connectivity index (χ4n) is 1.27. The molecule has 0 aliphatic carbocycles. The lowest BCUT2D eigenvalue weighted by Gasteiger charge is -2.06. The van der Waals surface area contributed by atoms with Crippen LogP contribution in [0.15, 0.2) is 47.4 Å². The second-order valence-corrected chi connectivity index (χ2v) is 3.43. The van der Waals surface area contributed by atoms with Gasteiger partial charge in [-0.05, 0) is 12.1 Å². The largest absolute Gasteiger partial charge is 0.484 e. The lowest BCUT2D eigenvalue weighted by Crippen LogP contribution is -2.23. The number of nitrogens with one attached hydrogen (secondary N) is 2. The van der Waals surface area contributed by atoms with Crippen molar-refractivity contribution in [3.63, 3.8) is 0 Å². The molecule has 1 heterocycles. The third-order valence-electron chi connectivity index (χ3n) is 2.04. The Morgan fingerprint density at radius 3 is 2.78 bits per heavy atom. The third kappa shape index (κ3) is 3.44. The number of hydrogen-bond donors (Lipinski definition) is 2. The Morgan fingerprint density at radius 1 is 1.28 bits per heavy atom. The molecule has 0 saturated carbocycles. The van der Waals surface area contributed by atoms with Gasteiger partial charge < -0.3 is 4.74 Å². The number of hydrogen-bond acceptors (Lipinski definition) is 4. The van der Waals surface area contributed by atoms with Crippen molar-refractivity contribution in [2.24, 2.45) is 0 Å². The highest BCUT2D eigenvalue weighted by Gasteiger charge is 2.04. The molecule has 6 heteroatoms. The minimum absolute atomic E-state index is 0.101. The molecule has 0 spiro atoms. The van der Waals surface area contributed by atoms with E-state index in [4.69, 9.17) is 4.74 Å². The minimum atomic E-state index is -0.395. The Kier molecular flexibility index (Phi) is 3.70. The Labute approximate surface area is 103 Å². The summed E-state index contributed by atoms with van der Waals surface area (Å²) in [6, 6.07) is 10.2. The summed E-state index contributed by atoms with van der Waals surface area (Å²) in [5, 5.41) is 2.42. The van der Waals surface area contributed by atoms with Crippen molar-refractivity contribution in [1.82, 2.24) is 9.97 Å². The highest BCUT2D eigenvalue weighted by molar-refractivity contribution is 5.90. The molecule has 0 aliphatic rings. The molecule has 6 nitrogen and oxygen atoms in total. The first-order valence-corrected chi connectivity index (χ1v) is 5.27. The van der Waals surface area contributed by atoms with E-state index in [0.717, 1.165) is 0 Å². The van der Waals surface area contributed by atoms with Gasteiger partial charge in [0.05, 0.1) is 0 Å². The van der Waals surface area contributed by atoms with Crippen LogP contribution in [-0.2, 0) is 4.79 Å². The smallest absolute Gasteiger partial charge is 0.264 e. The molecule has 0 radical (unpaired) electrons. The van der Waals surface area contributed by atoms with E-state index < -0.39 is 5.91 Å². The zero-order chi connectivity index (χ0) is 12.8. The summed E-state index contributed by atoms with van der Waals surface area (Å²) in [4.78, 5) is 28.6. The highest BCUT2D eigenvalue weighted by atomic mass is 16.5. The topological polar surface area (TPSA) is 84.1 Å². The third-order valence-corrected chi connectivity index (χ3v) is 2.04. The van der Waals surface area contributed by atoms with Gasteiger partial charge in [0.15, 0.2) is 6.61 Å². The molecule has 0 unspecified atom stereocenters. The molecule has 18 heavy (non-hydrogen) atoms. The quantitative estimate of drug-likeness (QED) is 0.834. The number of aromatic amines is 1. The van der Waals surface area contributed by atoms with Crippen LogP contribution in [0.1, 0.15) is 0 Å². The van der Waals surface area contributed by atoms with Gasteiger partial charge in [-0.15, -0.1) is 0 Å². The molecule has 0 atom stereocenters. The maximum absolute atomic E-state index is 11.5. The average molecular weight is 245 g/mol. The standard InChI is InChI=1S/C12H11N3O3/c16-10-6-7-13-12(14-10)15-11(17)8-18-9-4-2-1-3-5-9/h1-7H,8H2,(H2,13,14,15,16,17). The normalized spacial score (nSPS) is 9.78. The van der Waals surface area contributed by atoms with Crippen LogP contribution in [-0.4, -0.2) is 22.5 Å². The Hall–Kier alpha value is -2.63. The van der Waals surface area contributed by atoms with E-state index >= 15 is 0 Å². The van der Waals surface area contributed by atoms with Crippen molar-refractivity contribution >= 4 is 11.9 Å². The van der Waals surface area contributed by atoms with Crippen LogP contribution in [0.5, 0.6) is 5.75 Å². The molecule has 92 valence electrons. The minimum Gasteiger partial charge on any atom is -0.484 e. The van der Waals surface area contributed by atoms with Gasteiger partial charge in [0.2, 0.25) is 5.95 Å². The monoisotopic (exact) mass is 245 g/mol. The van der Waals surface area contributed by atoms with Crippen molar-refractivity contribution in [2.75, 3.05) is 11.9 Å². The van der Waals surface area contributed by atoms with E-state index in [-0.39, 0.29) is 18.1 Å². The summed E-state index contributed by atoms with van der Waals surface area (Å²) < 4.78 is 5.24. The number of para-hydroxylation sites is 1.